The molecular weight excluding hydrogens is 310 g/mol. The van der Waals surface area contributed by atoms with Gasteiger partial charge in [-0.25, -0.2) is 0 Å². The van der Waals surface area contributed by atoms with Crippen molar-refractivity contribution in [3.05, 3.63) is 34.6 Å². The first kappa shape index (κ1) is 12.8. The van der Waals surface area contributed by atoms with Crippen LogP contribution in [0.2, 0.25) is 0 Å². The normalized spacial score (nSPS) is 18.4. The monoisotopic (exact) mass is 323 g/mol. The highest BCUT2D eigenvalue weighted by atomic mass is 79.9. The minimum atomic E-state index is -0.560. The van der Waals surface area contributed by atoms with E-state index in [1.807, 2.05) is 24.3 Å². The summed E-state index contributed by atoms with van der Waals surface area (Å²) < 4.78 is 11.6. The Labute approximate surface area is 119 Å². The van der Waals surface area contributed by atoms with Crippen LogP contribution in [0.5, 0.6) is 0 Å². The van der Waals surface area contributed by atoms with Gasteiger partial charge < -0.3 is 15.0 Å². The van der Waals surface area contributed by atoms with Crippen LogP contribution in [0.25, 0.3) is 11.4 Å². The molecule has 0 radical (unpaired) electrons. The van der Waals surface area contributed by atoms with Crippen LogP contribution >= 0.6 is 15.9 Å². The zero-order valence-corrected chi connectivity index (χ0v) is 11.9. The molecule has 6 heteroatoms. The highest BCUT2D eigenvalue weighted by Crippen LogP contribution is 2.30. The fourth-order valence-corrected chi connectivity index (χ4v) is 2.52. The summed E-state index contributed by atoms with van der Waals surface area (Å²) in [5.74, 6) is 1.05. The third-order valence-corrected chi connectivity index (χ3v) is 3.81. The summed E-state index contributed by atoms with van der Waals surface area (Å²) in [4.78, 5) is 4.44. The van der Waals surface area contributed by atoms with Gasteiger partial charge in [-0.3, -0.25) is 0 Å². The first-order valence-electron chi connectivity index (χ1n) is 6.14. The molecule has 1 aliphatic rings. The largest absolute Gasteiger partial charge is 0.381 e. The van der Waals surface area contributed by atoms with Gasteiger partial charge in [-0.2, -0.15) is 4.98 Å². The van der Waals surface area contributed by atoms with Crippen LogP contribution in [0.3, 0.4) is 0 Å². The summed E-state index contributed by atoms with van der Waals surface area (Å²) in [6.45, 7) is 1.26. The summed E-state index contributed by atoms with van der Waals surface area (Å²) in [6.07, 6.45) is 1.40. The highest BCUT2D eigenvalue weighted by molar-refractivity contribution is 9.10. The van der Waals surface area contributed by atoms with E-state index in [4.69, 9.17) is 15.0 Å². The van der Waals surface area contributed by atoms with Crippen molar-refractivity contribution in [3.63, 3.8) is 0 Å². The lowest BCUT2D eigenvalue weighted by molar-refractivity contribution is 0.0400. The highest BCUT2D eigenvalue weighted by Gasteiger charge is 2.35. The van der Waals surface area contributed by atoms with Gasteiger partial charge in [-0.1, -0.05) is 33.2 Å². The maximum absolute atomic E-state index is 6.32. The van der Waals surface area contributed by atoms with E-state index in [9.17, 15) is 0 Å². The maximum Gasteiger partial charge on any atom is 0.247 e. The molecule has 1 fully saturated rings. The van der Waals surface area contributed by atoms with E-state index >= 15 is 0 Å². The molecule has 2 N–H and O–H groups in total. The molecule has 1 saturated heterocycles. The Kier molecular flexibility index (Phi) is 3.38. The number of aromatic nitrogens is 2. The molecule has 1 aromatic carbocycles. The minimum Gasteiger partial charge on any atom is -0.381 e. The molecule has 0 aliphatic carbocycles. The first-order chi connectivity index (χ1) is 9.17. The Morgan fingerprint density at radius 1 is 1.26 bits per heavy atom. The van der Waals surface area contributed by atoms with Crippen LogP contribution in [-0.2, 0) is 10.3 Å². The molecule has 0 saturated carbocycles. The number of hydrogen-bond acceptors (Lipinski definition) is 5. The van der Waals surface area contributed by atoms with E-state index in [1.165, 1.54) is 0 Å². The predicted octanol–water partition coefficient (Wildman–Crippen LogP) is 2.46. The molecule has 3 rings (SSSR count). The van der Waals surface area contributed by atoms with Gasteiger partial charge in [0, 0.05) is 23.2 Å². The fourth-order valence-electron chi connectivity index (χ4n) is 2.12. The van der Waals surface area contributed by atoms with Crippen LogP contribution < -0.4 is 5.73 Å². The van der Waals surface area contributed by atoms with Gasteiger partial charge in [0.25, 0.3) is 0 Å². The predicted molar refractivity (Wildman–Crippen MR) is 73.4 cm³/mol. The molecule has 0 bridgehead atoms. The summed E-state index contributed by atoms with van der Waals surface area (Å²) in [5.41, 5.74) is 6.66. The first-order valence-corrected chi connectivity index (χ1v) is 6.93. The Bertz CT molecular complexity index is 579. The topological polar surface area (TPSA) is 74.2 Å². The average molecular weight is 324 g/mol. The fraction of sp³-hybridized carbons (Fsp3) is 0.385. The molecule has 1 aromatic heterocycles. The van der Waals surface area contributed by atoms with E-state index in [0.29, 0.717) is 37.8 Å². The van der Waals surface area contributed by atoms with Crippen LogP contribution in [0, 0.1) is 0 Å². The lowest BCUT2D eigenvalue weighted by Crippen LogP contribution is -2.42. The van der Waals surface area contributed by atoms with Crippen molar-refractivity contribution in [3.8, 4) is 11.4 Å². The molecule has 2 heterocycles. The zero-order valence-electron chi connectivity index (χ0n) is 10.3. The number of halogens is 1. The number of rotatable bonds is 2. The summed E-state index contributed by atoms with van der Waals surface area (Å²) in [5, 5.41) is 4.02. The van der Waals surface area contributed by atoms with Crippen LogP contribution in [-0.4, -0.2) is 23.4 Å². The smallest absolute Gasteiger partial charge is 0.247 e. The van der Waals surface area contributed by atoms with Gasteiger partial charge in [0.05, 0.1) is 0 Å². The van der Waals surface area contributed by atoms with Crippen LogP contribution in [0.4, 0.5) is 0 Å². The van der Waals surface area contributed by atoms with Gasteiger partial charge in [-0.15, -0.1) is 0 Å². The third kappa shape index (κ3) is 2.56. The van der Waals surface area contributed by atoms with Crippen molar-refractivity contribution in [2.75, 3.05) is 13.2 Å². The zero-order chi connectivity index (χ0) is 13.3. The second kappa shape index (κ2) is 5.03. The van der Waals surface area contributed by atoms with Crippen molar-refractivity contribution >= 4 is 15.9 Å². The van der Waals surface area contributed by atoms with Gasteiger partial charge >= 0.3 is 0 Å². The van der Waals surface area contributed by atoms with Crippen LogP contribution in [0.1, 0.15) is 18.7 Å². The summed E-state index contributed by atoms with van der Waals surface area (Å²) >= 11 is 3.43. The number of hydrogen-bond donors (Lipinski definition) is 1. The Morgan fingerprint density at radius 2 is 2.05 bits per heavy atom. The van der Waals surface area contributed by atoms with Crippen molar-refractivity contribution in [2.45, 2.75) is 18.4 Å². The quantitative estimate of drug-likeness (QED) is 0.918. The molecule has 0 amide bonds. The number of nitrogens with zero attached hydrogens (tertiary/aromatic N) is 2. The van der Waals surface area contributed by atoms with Gasteiger partial charge in [0.1, 0.15) is 5.54 Å². The maximum atomic E-state index is 6.32. The van der Waals surface area contributed by atoms with E-state index in [2.05, 4.69) is 26.1 Å². The second-order valence-electron chi connectivity index (χ2n) is 4.70. The molecule has 0 spiro atoms. The Morgan fingerprint density at radius 3 is 2.79 bits per heavy atom. The minimum absolute atomic E-state index is 0.491. The molecule has 0 unspecified atom stereocenters. The van der Waals surface area contributed by atoms with Crippen LogP contribution in [0.15, 0.2) is 33.3 Å². The SMILES string of the molecule is NC1(c2nc(-c3cccc(Br)c3)no2)CCOCC1. The lowest BCUT2D eigenvalue weighted by atomic mass is 9.91. The van der Waals surface area contributed by atoms with Crippen molar-refractivity contribution in [2.24, 2.45) is 5.73 Å². The van der Waals surface area contributed by atoms with E-state index in [-0.39, 0.29) is 0 Å². The average Bonchev–Trinajstić information content (AvgIpc) is 2.90. The standard InChI is InChI=1S/C13H14BrN3O2/c14-10-3-1-2-9(8-10)11-16-12(19-17-11)13(15)4-6-18-7-5-13/h1-3,8H,4-7,15H2. The Hall–Kier alpha value is -1.24. The van der Waals surface area contributed by atoms with E-state index < -0.39 is 5.54 Å². The van der Waals surface area contributed by atoms with E-state index in [0.717, 1.165) is 10.0 Å². The summed E-state index contributed by atoms with van der Waals surface area (Å²) in [7, 11) is 0. The van der Waals surface area contributed by atoms with Crippen molar-refractivity contribution in [1.29, 1.82) is 0 Å². The number of benzene rings is 1. The molecule has 0 atom stereocenters. The van der Waals surface area contributed by atoms with Crippen molar-refractivity contribution < 1.29 is 9.26 Å². The molecular formula is C13H14BrN3O2. The van der Waals surface area contributed by atoms with Gasteiger partial charge in [0.2, 0.25) is 11.7 Å². The van der Waals surface area contributed by atoms with Gasteiger partial charge in [0.15, 0.2) is 0 Å². The molecule has 5 nitrogen and oxygen atoms in total. The number of ether oxygens (including phenoxy) is 1. The summed E-state index contributed by atoms with van der Waals surface area (Å²) in [6, 6.07) is 7.77. The van der Waals surface area contributed by atoms with E-state index in [1.54, 1.807) is 0 Å². The third-order valence-electron chi connectivity index (χ3n) is 3.32. The lowest BCUT2D eigenvalue weighted by Gasteiger charge is -2.29. The number of nitrogens with two attached hydrogens (primary N) is 1. The molecule has 1 aliphatic heterocycles. The Balaban J connectivity index is 1.91. The van der Waals surface area contributed by atoms with Gasteiger partial charge in [-0.05, 0) is 25.0 Å². The van der Waals surface area contributed by atoms with Crippen molar-refractivity contribution in [1.82, 2.24) is 10.1 Å². The molecule has 2 aromatic rings. The molecule has 100 valence electrons. The molecule has 19 heavy (non-hydrogen) atoms. The second-order valence-corrected chi connectivity index (χ2v) is 5.62.